The van der Waals surface area contributed by atoms with E-state index in [9.17, 15) is 0 Å². The Hall–Kier alpha value is -0.380. The van der Waals surface area contributed by atoms with Gasteiger partial charge < -0.3 is 10.2 Å². The lowest BCUT2D eigenvalue weighted by Crippen LogP contribution is -2.45. The Morgan fingerprint density at radius 3 is 2.71 bits per heavy atom. The highest BCUT2D eigenvalue weighted by Gasteiger charge is 2.21. The summed E-state index contributed by atoms with van der Waals surface area (Å²) >= 11 is 3.46. The van der Waals surface area contributed by atoms with Gasteiger partial charge in [-0.3, -0.25) is 0 Å². The van der Waals surface area contributed by atoms with Gasteiger partial charge in [0.05, 0.1) is 0 Å². The number of nitrogens with zero attached hydrogens (tertiary/aromatic N) is 1. The van der Waals surface area contributed by atoms with Crippen molar-refractivity contribution in [1.29, 1.82) is 0 Å². The van der Waals surface area contributed by atoms with Crippen molar-refractivity contribution in [2.24, 2.45) is 0 Å². The van der Waals surface area contributed by atoms with Gasteiger partial charge in [-0.25, -0.2) is 0 Å². The molecule has 0 radical (unpaired) electrons. The third-order valence-corrected chi connectivity index (χ3v) is 4.25. The van der Waals surface area contributed by atoms with Crippen LogP contribution < -0.4 is 5.32 Å². The molecule has 1 aliphatic rings. The molecule has 1 heterocycles. The minimum absolute atomic E-state index is 0.671. The number of hydrogen-bond acceptors (Lipinski definition) is 2. The summed E-state index contributed by atoms with van der Waals surface area (Å²) in [7, 11) is 2.22. The topological polar surface area (TPSA) is 15.3 Å². The fraction of sp³-hybridized carbons (Fsp3) is 0.571. The van der Waals surface area contributed by atoms with E-state index in [0.29, 0.717) is 12.1 Å². The number of piperidine rings is 1. The van der Waals surface area contributed by atoms with Crippen molar-refractivity contribution in [3.8, 4) is 0 Å². The second kappa shape index (κ2) is 5.98. The normalized spacial score (nSPS) is 26.1. The predicted molar refractivity (Wildman–Crippen MR) is 76.1 cm³/mol. The molecule has 1 aromatic carbocycles. The molecule has 2 atom stereocenters. The summed E-state index contributed by atoms with van der Waals surface area (Å²) in [5.74, 6) is 0. The zero-order chi connectivity index (χ0) is 12.3. The molecular weight excluding hydrogens is 276 g/mol. The molecule has 1 saturated heterocycles. The van der Waals surface area contributed by atoms with Gasteiger partial charge in [0, 0.05) is 23.1 Å². The van der Waals surface area contributed by atoms with Crippen molar-refractivity contribution in [2.45, 2.75) is 38.4 Å². The maximum absolute atomic E-state index is 3.67. The van der Waals surface area contributed by atoms with Crippen LogP contribution in [-0.2, 0) is 6.54 Å². The number of benzene rings is 1. The minimum atomic E-state index is 0.671. The molecule has 1 aromatic rings. The Kier molecular flexibility index (Phi) is 4.60. The first kappa shape index (κ1) is 13.1. The molecule has 0 bridgehead atoms. The van der Waals surface area contributed by atoms with Crippen LogP contribution in [0.15, 0.2) is 28.7 Å². The van der Waals surface area contributed by atoms with Crippen LogP contribution in [0.3, 0.4) is 0 Å². The van der Waals surface area contributed by atoms with Crippen molar-refractivity contribution in [3.05, 3.63) is 34.3 Å². The van der Waals surface area contributed by atoms with Gasteiger partial charge in [-0.1, -0.05) is 28.1 Å². The first-order valence-corrected chi connectivity index (χ1v) is 7.12. The Balaban J connectivity index is 1.80. The van der Waals surface area contributed by atoms with Gasteiger partial charge in [-0.2, -0.15) is 0 Å². The van der Waals surface area contributed by atoms with E-state index in [0.717, 1.165) is 11.0 Å². The summed E-state index contributed by atoms with van der Waals surface area (Å²) in [6, 6.07) is 9.93. The molecule has 0 amide bonds. The molecule has 3 heteroatoms. The van der Waals surface area contributed by atoms with Crippen molar-refractivity contribution in [2.75, 3.05) is 13.6 Å². The highest BCUT2D eigenvalue weighted by molar-refractivity contribution is 9.10. The van der Waals surface area contributed by atoms with Crippen molar-refractivity contribution >= 4 is 15.9 Å². The quantitative estimate of drug-likeness (QED) is 0.922. The second-order valence-corrected chi connectivity index (χ2v) is 5.97. The van der Waals surface area contributed by atoms with Gasteiger partial charge >= 0.3 is 0 Å². The third-order valence-electron chi connectivity index (χ3n) is 3.72. The average molecular weight is 297 g/mol. The van der Waals surface area contributed by atoms with Crippen molar-refractivity contribution in [1.82, 2.24) is 10.2 Å². The number of likely N-dealkylation sites (tertiary alicyclic amines) is 1. The molecule has 0 aromatic heterocycles. The van der Waals surface area contributed by atoms with Gasteiger partial charge in [0.25, 0.3) is 0 Å². The molecule has 1 fully saturated rings. The van der Waals surface area contributed by atoms with E-state index in [-0.39, 0.29) is 0 Å². The molecule has 0 spiro atoms. The summed E-state index contributed by atoms with van der Waals surface area (Å²) in [5.41, 5.74) is 1.36. The maximum Gasteiger partial charge on any atom is 0.0208 e. The summed E-state index contributed by atoms with van der Waals surface area (Å²) in [4.78, 5) is 2.44. The Labute approximate surface area is 113 Å². The lowest BCUT2D eigenvalue weighted by molar-refractivity contribution is 0.168. The van der Waals surface area contributed by atoms with Gasteiger partial charge in [0.2, 0.25) is 0 Å². The van der Waals surface area contributed by atoms with Crippen LogP contribution in [0, 0.1) is 0 Å². The summed E-state index contributed by atoms with van der Waals surface area (Å²) in [6.45, 7) is 4.50. The van der Waals surface area contributed by atoms with Crippen LogP contribution in [0.5, 0.6) is 0 Å². The van der Waals surface area contributed by atoms with E-state index in [1.807, 2.05) is 0 Å². The number of rotatable bonds is 3. The molecule has 2 rings (SSSR count). The van der Waals surface area contributed by atoms with E-state index in [1.165, 1.54) is 24.9 Å². The van der Waals surface area contributed by atoms with Crippen LogP contribution in [0.1, 0.15) is 25.3 Å². The first-order valence-electron chi connectivity index (χ1n) is 6.33. The van der Waals surface area contributed by atoms with Crippen molar-refractivity contribution < 1.29 is 0 Å². The van der Waals surface area contributed by atoms with Gasteiger partial charge in [-0.05, 0) is 51.1 Å². The molecule has 1 N–H and O–H groups in total. The summed E-state index contributed by atoms with van der Waals surface area (Å²) in [6.07, 6.45) is 2.52. The lowest BCUT2D eigenvalue weighted by atomic mass is 9.99. The second-order valence-electron chi connectivity index (χ2n) is 5.06. The van der Waals surface area contributed by atoms with Crippen LogP contribution in [0.25, 0.3) is 0 Å². The van der Waals surface area contributed by atoms with E-state index in [1.54, 1.807) is 0 Å². The third kappa shape index (κ3) is 3.80. The summed E-state index contributed by atoms with van der Waals surface area (Å²) < 4.78 is 1.15. The fourth-order valence-corrected chi connectivity index (χ4v) is 2.60. The predicted octanol–water partition coefficient (Wildman–Crippen LogP) is 3.02. The Bertz CT molecular complexity index is 350. The van der Waals surface area contributed by atoms with E-state index >= 15 is 0 Å². The Morgan fingerprint density at radius 2 is 2.06 bits per heavy atom. The SMILES string of the molecule is CC1CC(NCc2ccc(Br)cc2)CCN1C. The molecule has 0 aliphatic carbocycles. The fourth-order valence-electron chi connectivity index (χ4n) is 2.34. The molecule has 17 heavy (non-hydrogen) atoms. The lowest BCUT2D eigenvalue weighted by Gasteiger charge is -2.35. The van der Waals surface area contributed by atoms with Gasteiger partial charge in [0.15, 0.2) is 0 Å². The van der Waals surface area contributed by atoms with Gasteiger partial charge in [-0.15, -0.1) is 0 Å². The molecule has 1 aliphatic heterocycles. The molecular formula is C14H21BrN2. The monoisotopic (exact) mass is 296 g/mol. The standard InChI is InChI=1S/C14H21BrN2/c1-11-9-14(7-8-17(11)2)16-10-12-3-5-13(15)6-4-12/h3-6,11,14,16H,7-10H2,1-2H3. The smallest absolute Gasteiger partial charge is 0.0208 e. The zero-order valence-electron chi connectivity index (χ0n) is 10.6. The molecule has 2 unspecified atom stereocenters. The molecule has 2 nitrogen and oxygen atoms in total. The van der Waals surface area contributed by atoms with Crippen LogP contribution in [-0.4, -0.2) is 30.6 Å². The number of hydrogen-bond donors (Lipinski definition) is 1. The zero-order valence-corrected chi connectivity index (χ0v) is 12.2. The van der Waals surface area contributed by atoms with Crippen molar-refractivity contribution in [3.63, 3.8) is 0 Å². The molecule has 94 valence electrons. The molecule has 0 saturated carbocycles. The maximum atomic E-state index is 3.67. The van der Waals surface area contributed by atoms with Crippen LogP contribution in [0.2, 0.25) is 0 Å². The van der Waals surface area contributed by atoms with Crippen LogP contribution >= 0.6 is 15.9 Å². The van der Waals surface area contributed by atoms with E-state index in [2.05, 4.69) is 64.4 Å². The number of nitrogens with one attached hydrogen (secondary N) is 1. The minimum Gasteiger partial charge on any atom is -0.310 e. The first-order chi connectivity index (χ1) is 8.15. The van der Waals surface area contributed by atoms with E-state index in [4.69, 9.17) is 0 Å². The van der Waals surface area contributed by atoms with Gasteiger partial charge in [0.1, 0.15) is 0 Å². The number of halogens is 1. The summed E-state index contributed by atoms with van der Waals surface area (Å²) in [5, 5.41) is 3.67. The average Bonchev–Trinajstić information content (AvgIpc) is 2.33. The van der Waals surface area contributed by atoms with E-state index < -0.39 is 0 Å². The highest BCUT2D eigenvalue weighted by atomic mass is 79.9. The highest BCUT2D eigenvalue weighted by Crippen LogP contribution is 2.16. The van der Waals surface area contributed by atoms with Crippen LogP contribution in [0.4, 0.5) is 0 Å². The largest absolute Gasteiger partial charge is 0.310 e. The Morgan fingerprint density at radius 1 is 1.35 bits per heavy atom.